The van der Waals surface area contributed by atoms with Crippen LogP contribution in [0.1, 0.15) is 13.3 Å². The van der Waals surface area contributed by atoms with Crippen LogP contribution in [-0.4, -0.2) is 20.5 Å². The molecule has 0 radical (unpaired) electrons. The van der Waals surface area contributed by atoms with E-state index < -0.39 is 8.07 Å². The summed E-state index contributed by atoms with van der Waals surface area (Å²) in [4.78, 5) is 11.2. The topological polar surface area (TPSA) is 26.3 Å². The summed E-state index contributed by atoms with van der Waals surface area (Å²) in [5, 5.41) is 2.85. The molecule has 3 heteroatoms. The fraction of sp³-hybridized carbons (Fsp3) is 0.250. The molecule has 0 aromatic heterocycles. The second-order valence-corrected chi connectivity index (χ2v) is 10.3. The predicted molar refractivity (Wildman–Crippen MR) is 99.0 cm³/mol. The average Bonchev–Trinajstić information content (AvgIpc) is 2.59. The Balaban J connectivity index is 2.13. The highest BCUT2D eigenvalue weighted by Crippen LogP contribution is 2.14. The van der Waals surface area contributed by atoms with Gasteiger partial charge >= 0.3 is 0 Å². The standard InChI is InChI=1S/C20H24O2Si/c1-17(21)18(2)22-15-10-16-23(3,19-11-6-4-7-12-19)20-13-8-5-9-14-20/h4-9,11-14H,2,10,15-16H2,1,3H3. The van der Waals surface area contributed by atoms with E-state index in [2.05, 4.69) is 73.8 Å². The molecule has 0 aliphatic carbocycles. The van der Waals surface area contributed by atoms with Gasteiger partial charge in [0, 0.05) is 6.92 Å². The van der Waals surface area contributed by atoms with E-state index in [1.807, 2.05) is 0 Å². The van der Waals surface area contributed by atoms with Gasteiger partial charge in [-0.2, -0.15) is 0 Å². The van der Waals surface area contributed by atoms with E-state index in [0.717, 1.165) is 12.5 Å². The fourth-order valence-corrected chi connectivity index (χ4v) is 6.41. The highest BCUT2D eigenvalue weighted by atomic mass is 28.3. The molecule has 0 atom stereocenters. The van der Waals surface area contributed by atoms with Crippen LogP contribution in [0.25, 0.3) is 0 Å². The molecular formula is C20H24O2Si. The van der Waals surface area contributed by atoms with Gasteiger partial charge in [0.2, 0.25) is 0 Å². The first-order valence-corrected chi connectivity index (χ1v) is 10.7. The average molecular weight is 324 g/mol. The third kappa shape index (κ3) is 4.42. The number of hydrogen-bond donors (Lipinski definition) is 0. The van der Waals surface area contributed by atoms with Gasteiger partial charge in [-0.3, -0.25) is 4.79 Å². The number of Topliss-reactive ketones (excluding diaryl/α,β-unsaturated/α-hetero) is 1. The van der Waals surface area contributed by atoms with Gasteiger partial charge in [-0.1, -0.05) is 84.2 Å². The Labute approximate surface area is 139 Å². The summed E-state index contributed by atoms with van der Waals surface area (Å²) in [6.45, 7) is 8.07. The minimum absolute atomic E-state index is 0.101. The molecule has 0 aliphatic heterocycles. The molecule has 2 nitrogen and oxygen atoms in total. The van der Waals surface area contributed by atoms with Crippen molar-refractivity contribution in [2.45, 2.75) is 25.9 Å². The lowest BCUT2D eigenvalue weighted by Gasteiger charge is -2.29. The summed E-state index contributed by atoms with van der Waals surface area (Å²) in [7, 11) is -1.80. The van der Waals surface area contributed by atoms with Crippen molar-refractivity contribution in [2.75, 3.05) is 6.61 Å². The van der Waals surface area contributed by atoms with Crippen LogP contribution in [0.4, 0.5) is 0 Å². The van der Waals surface area contributed by atoms with Gasteiger partial charge in [0.25, 0.3) is 0 Å². The Morgan fingerprint density at radius 2 is 1.48 bits per heavy atom. The van der Waals surface area contributed by atoms with Crippen LogP contribution in [0.5, 0.6) is 0 Å². The lowest BCUT2D eigenvalue weighted by molar-refractivity contribution is -0.116. The maximum absolute atomic E-state index is 11.2. The monoisotopic (exact) mass is 324 g/mol. The molecule has 2 aromatic rings. The molecule has 0 spiro atoms. The molecule has 0 amide bonds. The van der Waals surface area contributed by atoms with Crippen molar-refractivity contribution < 1.29 is 9.53 Å². The van der Waals surface area contributed by atoms with E-state index in [4.69, 9.17) is 4.74 Å². The van der Waals surface area contributed by atoms with Crippen molar-refractivity contribution in [1.29, 1.82) is 0 Å². The van der Waals surface area contributed by atoms with Gasteiger partial charge < -0.3 is 4.74 Å². The highest BCUT2D eigenvalue weighted by molar-refractivity contribution is 7.01. The van der Waals surface area contributed by atoms with Crippen LogP contribution >= 0.6 is 0 Å². The summed E-state index contributed by atoms with van der Waals surface area (Å²) < 4.78 is 5.45. The molecule has 23 heavy (non-hydrogen) atoms. The van der Waals surface area contributed by atoms with Crippen molar-refractivity contribution >= 4 is 24.2 Å². The van der Waals surface area contributed by atoms with Crippen LogP contribution in [0.15, 0.2) is 73.0 Å². The maximum atomic E-state index is 11.2. The summed E-state index contributed by atoms with van der Waals surface area (Å²) in [5.41, 5.74) is 0. The lowest BCUT2D eigenvalue weighted by Crippen LogP contribution is -2.55. The Morgan fingerprint density at radius 3 is 1.91 bits per heavy atom. The number of benzene rings is 2. The smallest absolute Gasteiger partial charge is 0.193 e. The van der Waals surface area contributed by atoms with Gasteiger partial charge in [0.15, 0.2) is 11.5 Å². The Kier molecular flexibility index (Phi) is 5.94. The van der Waals surface area contributed by atoms with Crippen molar-refractivity contribution in [3.8, 4) is 0 Å². The van der Waals surface area contributed by atoms with Crippen molar-refractivity contribution in [3.63, 3.8) is 0 Å². The van der Waals surface area contributed by atoms with Crippen LogP contribution in [0.2, 0.25) is 12.6 Å². The molecule has 2 rings (SSSR count). The third-order valence-corrected chi connectivity index (χ3v) is 8.88. The predicted octanol–water partition coefficient (Wildman–Crippen LogP) is 3.39. The summed E-state index contributed by atoms with van der Waals surface area (Å²) in [5.74, 6) is 0.156. The number of ether oxygens (including phenoxy) is 1. The zero-order chi connectivity index (χ0) is 16.7. The molecule has 0 saturated heterocycles. The molecule has 0 fully saturated rings. The zero-order valence-corrected chi connectivity index (χ0v) is 14.9. The van der Waals surface area contributed by atoms with Crippen LogP contribution in [-0.2, 0) is 9.53 Å². The molecule has 0 heterocycles. The van der Waals surface area contributed by atoms with E-state index in [1.165, 1.54) is 17.3 Å². The zero-order valence-electron chi connectivity index (χ0n) is 13.9. The van der Waals surface area contributed by atoms with Gasteiger partial charge in [-0.05, 0) is 12.5 Å². The number of carbonyl (C=O) groups excluding carboxylic acids is 1. The van der Waals surface area contributed by atoms with E-state index in [1.54, 1.807) is 0 Å². The minimum atomic E-state index is -1.80. The molecule has 2 aromatic carbocycles. The number of carbonyl (C=O) groups is 1. The molecule has 0 aliphatic rings. The first-order chi connectivity index (χ1) is 11.0. The fourth-order valence-electron chi connectivity index (χ4n) is 2.79. The second kappa shape index (κ2) is 7.93. The largest absolute Gasteiger partial charge is 0.491 e. The summed E-state index contributed by atoms with van der Waals surface area (Å²) in [6.07, 6.45) is 0.915. The van der Waals surface area contributed by atoms with Gasteiger partial charge in [-0.25, -0.2) is 0 Å². The molecule has 120 valence electrons. The quantitative estimate of drug-likeness (QED) is 0.322. The van der Waals surface area contributed by atoms with E-state index in [0.29, 0.717) is 6.61 Å². The van der Waals surface area contributed by atoms with Gasteiger partial charge in [0.1, 0.15) is 8.07 Å². The summed E-state index contributed by atoms with van der Waals surface area (Å²) in [6, 6.07) is 22.6. The van der Waals surface area contributed by atoms with Crippen LogP contribution in [0.3, 0.4) is 0 Å². The van der Waals surface area contributed by atoms with Gasteiger partial charge in [-0.15, -0.1) is 0 Å². The number of rotatable bonds is 8. The normalized spacial score (nSPS) is 11.0. The molecular weight excluding hydrogens is 300 g/mol. The SMILES string of the molecule is C=C(OCCC[Si](C)(c1ccccc1)c1ccccc1)C(C)=O. The van der Waals surface area contributed by atoms with E-state index >= 15 is 0 Å². The molecule has 0 unspecified atom stereocenters. The van der Waals surface area contributed by atoms with Crippen molar-refractivity contribution in [3.05, 3.63) is 73.0 Å². The van der Waals surface area contributed by atoms with Crippen LogP contribution in [0, 0.1) is 0 Å². The molecule has 0 bridgehead atoms. The number of allylic oxidation sites excluding steroid dienone is 1. The summed E-state index contributed by atoms with van der Waals surface area (Å²) >= 11 is 0. The number of hydrogen-bond acceptors (Lipinski definition) is 2. The molecule has 0 N–H and O–H groups in total. The Morgan fingerprint density at radius 1 is 1.00 bits per heavy atom. The molecule has 0 saturated carbocycles. The first kappa shape index (κ1) is 17.2. The second-order valence-electron chi connectivity index (χ2n) is 6.00. The Hall–Kier alpha value is -2.13. The lowest BCUT2D eigenvalue weighted by atomic mass is 10.4. The van der Waals surface area contributed by atoms with Crippen LogP contribution < -0.4 is 10.4 Å². The third-order valence-electron chi connectivity index (χ3n) is 4.31. The maximum Gasteiger partial charge on any atom is 0.193 e. The Bertz CT molecular complexity index is 610. The van der Waals surface area contributed by atoms with E-state index in [-0.39, 0.29) is 11.5 Å². The minimum Gasteiger partial charge on any atom is -0.491 e. The highest BCUT2D eigenvalue weighted by Gasteiger charge is 2.30. The van der Waals surface area contributed by atoms with E-state index in [9.17, 15) is 4.79 Å². The van der Waals surface area contributed by atoms with Gasteiger partial charge in [0.05, 0.1) is 6.61 Å². The van der Waals surface area contributed by atoms with Crippen molar-refractivity contribution in [2.24, 2.45) is 0 Å². The first-order valence-electron chi connectivity index (χ1n) is 7.98. The number of ketones is 1. The van der Waals surface area contributed by atoms with Crippen molar-refractivity contribution in [1.82, 2.24) is 0 Å².